The molecule has 3 rings (SSSR count). The molecule has 0 saturated carbocycles. The zero-order chi connectivity index (χ0) is 22.8. The predicted molar refractivity (Wildman–Crippen MR) is 129 cm³/mol. The number of carbonyl (C=O) groups is 2. The first-order chi connectivity index (χ1) is 15.7. The maximum Gasteiger partial charge on any atom is 0.267 e. The van der Waals surface area contributed by atoms with Crippen molar-refractivity contribution in [2.24, 2.45) is 0 Å². The van der Waals surface area contributed by atoms with Gasteiger partial charge in [-0.1, -0.05) is 64.0 Å². The summed E-state index contributed by atoms with van der Waals surface area (Å²) in [7, 11) is 1.61. The van der Waals surface area contributed by atoms with Crippen LogP contribution in [0.15, 0.2) is 52.0 Å². The van der Waals surface area contributed by atoms with Crippen LogP contribution in [0.5, 0.6) is 5.75 Å². The molecule has 0 atom stereocenters. The molecule has 0 spiro atoms. The molecule has 0 aliphatic carbocycles. The number of imide groups is 1. The van der Waals surface area contributed by atoms with Gasteiger partial charge in [0.25, 0.3) is 11.8 Å². The summed E-state index contributed by atoms with van der Waals surface area (Å²) in [5.41, 5.74) is 1.22. The van der Waals surface area contributed by atoms with E-state index in [4.69, 9.17) is 9.15 Å². The summed E-state index contributed by atoms with van der Waals surface area (Å²) >= 11 is 1.37. The molecular weight excluding hydrogens is 422 g/mol. The summed E-state index contributed by atoms with van der Waals surface area (Å²) < 4.78 is 10.6. The number of hydrogen-bond acceptors (Lipinski definition) is 5. The Hall–Kier alpha value is -2.47. The van der Waals surface area contributed by atoms with Gasteiger partial charge in [0.1, 0.15) is 11.5 Å². The number of carbonyl (C=O) groups excluding carboxylic acids is 2. The van der Waals surface area contributed by atoms with Crippen LogP contribution in [-0.2, 0) is 15.3 Å². The van der Waals surface area contributed by atoms with Gasteiger partial charge in [0, 0.05) is 6.54 Å². The summed E-state index contributed by atoms with van der Waals surface area (Å²) in [6.45, 7) is 2.69. The van der Waals surface area contributed by atoms with E-state index >= 15 is 0 Å². The molecule has 0 bridgehead atoms. The highest BCUT2D eigenvalue weighted by Crippen LogP contribution is 2.38. The standard InChI is InChI=1S/C26H33NO4S/c1-3-4-5-6-7-8-9-10-17-27-25(28)23(20-13-15-21(30-2)16-14-20)24(26(27)29)32-19-22-12-11-18-31-22/h11-16,18H,3-10,17,19H2,1-2H3. The van der Waals surface area contributed by atoms with Gasteiger partial charge in [-0.3, -0.25) is 14.5 Å². The van der Waals surface area contributed by atoms with Gasteiger partial charge < -0.3 is 9.15 Å². The number of ether oxygens (including phenoxy) is 1. The Morgan fingerprint density at radius 3 is 2.22 bits per heavy atom. The minimum Gasteiger partial charge on any atom is -0.497 e. The number of nitrogens with zero attached hydrogens (tertiary/aromatic N) is 1. The number of amides is 2. The highest BCUT2D eigenvalue weighted by atomic mass is 32.2. The van der Waals surface area contributed by atoms with Crippen molar-refractivity contribution in [3.63, 3.8) is 0 Å². The third-order valence-corrected chi connectivity index (χ3v) is 6.77. The van der Waals surface area contributed by atoms with Gasteiger partial charge in [-0.25, -0.2) is 0 Å². The van der Waals surface area contributed by atoms with Crippen molar-refractivity contribution in [2.75, 3.05) is 13.7 Å². The van der Waals surface area contributed by atoms with Gasteiger partial charge in [0.05, 0.1) is 29.6 Å². The van der Waals surface area contributed by atoms with E-state index < -0.39 is 0 Å². The first-order valence-electron chi connectivity index (χ1n) is 11.6. The monoisotopic (exact) mass is 455 g/mol. The second kappa shape index (κ2) is 12.5. The minimum absolute atomic E-state index is 0.194. The average Bonchev–Trinajstić information content (AvgIpc) is 3.41. The molecule has 32 heavy (non-hydrogen) atoms. The number of benzene rings is 1. The average molecular weight is 456 g/mol. The second-order valence-electron chi connectivity index (χ2n) is 8.04. The number of furan rings is 1. The minimum atomic E-state index is -0.204. The quantitative estimate of drug-likeness (QED) is 0.242. The third kappa shape index (κ3) is 6.28. The molecule has 2 heterocycles. The van der Waals surface area contributed by atoms with Gasteiger partial charge >= 0.3 is 0 Å². The Kier molecular flexibility index (Phi) is 9.47. The van der Waals surface area contributed by atoms with E-state index in [2.05, 4.69) is 6.92 Å². The molecule has 1 aliphatic heterocycles. The Labute approximate surface area is 195 Å². The predicted octanol–water partition coefficient (Wildman–Crippen LogP) is 6.44. The van der Waals surface area contributed by atoms with Crippen molar-refractivity contribution >= 4 is 29.1 Å². The summed E-state index contributed by atoms with van der Waals surface area (Å²) in [5, 5.41) is 0. The van der Waals surface area contributed by atoms with Crippen LogP contribution < -0.4 is 4.74 Å². The lowest BCUT2D eigenvalue weighted by atomic mass is 10.1. The second-order valence-corrected chi connectivity index (χ2v) is 9.02. The first kappa shape index (κ1) is 24.2. The van der Waals surface area contributed by atoms with E-state index in [-0.39, 0.29) is 11.8 Å². The normalized spacial score (nSPS) is 14.0. The van der Waals surface area contributed by atoms with Crippen LogP contribution in [0.4, 0.5) is 0 Å². The van der Waals surface area contributed by atoms with Gasteiger partial charge in [-0.05, 0) is 36.2 Å². The molecule has 6 heteroatoms. The van der Waals surface area contributed by atoms with Crippen LogP contribution in [-0.4, -0.2) is 30.4 Å². The van der Waals surface area contributed by atoms with E-state index in [1.54, 1.807) is 13.4 Å². The molecule has 0 fully saturated rings. The van der Waals surface area contributed by atoms with Crippen LogP contribution in [0.3, 0.4) is 0 Å². The molecule has 1 aromatic carbocycles. The lowest BCUT2D eigenvalue weighted by molar-refractivity contribution is -0.136. The number of rotatable bonds is 14. The number of thioether (sulfide) groups is 1. The molecule has 0 saturated heterocycles. The molecule has 5 nitrogen and oxygen atoms in total. The molecular formula is C26H33NO4S. The third-order valence-electron chi connectivity index (χ3n) is 5.68. The Balaban J connectivity index is 1.65. The van der Waals surface area contributed by atoms with E-state index in [1.807, 2.05) is 36.4 Å². The Morgan fingerprint density at radius 2 is 1.59 bits per heavy atom. The highest BCUT2D eigenvalue weighted by molar-refractivity contribution is 8.03. The SMILES string of the molecule is CCCCCCCCCCN1C(=O)C(SCc2ccco2)=C(c2ccc(OC)cc2)C1=O. The van der Waals surface area contributed by atoms with Crippen LogP contribution in [0.25, 0.3) is 5.57 Å². The number of methoxy groups -OCH3 is 1. The van der Waals surface area contributed by atoms with Crippen molar-refractivity contribution in [2.45, 2.75) is 64.0 Å². The van der Waals surface area contributed by atoms with Crippen molar-refractivity contribution in [3.8, 4) is 5.75 Å². The smallest absolute Gasteiger partial charge is 0.267 e. The molecule has 1 aliphatic rings. The summed E-state index contributed by atoms with van der Waals surface area (Å²) in [6, 6.07) is 11.0. The zero-order valence-electron chi connectivity index (χ0n) is 19.1. The summed E-state index contributed by atoms with van der Waals surface area (Å²) in [5.74, 6) is 1.60. The van der Waals surface area contributed by atoms with Gasteiger partial charge in [0.2, 0.25) is 0 Å². The molecule has 0 radical (unpaired) electrons. The van der Waals surface area contributed by atoms with E-state index in [0.717, 1.165) is 30.6 Å². The van der Waals surface area contributed by atoms with Gasteiger partial charge in [-0.15, -0.1) is 11.8 Å². The van der Waals surface area contributed by atoms with Crippen LogP contribution in [0.1, 0.15) is 69.6 Å². The summed E-state index contributed by atoms with van der Waals surface area (Å²) in [4.78, 5) is 28.4. The van der Waals surface area contributed by atoms with E-state index in [1.165, 1.54) is 48.8 Å². The van der Waals surface area contributed by atoms with Crippen molar-refractivity contribution in [1.29, 1.82) is 0 Å². The van der Waals surface area contributed by atoms with Crippen LogP contribution in [0.2, 0.25) is 0 Å². The summed E-state index contributed by atoms with van der Waals surface area (Å²) in [6.07, 6.45) is 11.0. The topological polar surface area (TPSA) is 59.8 Å². The maximum absolute atomic E-state index is 13.3. The molecule has 1 aromatic heterocycles. The first-order valence-corrected chi connectivity index (χ1v) is 12.5. The largest absolute Gasteiger partial charge is 0.497 e. The fraction of sp³-hybridized carbons (Fsp3) is 0.462. The maximum atomic E-state index is 13.3. The lowest BCUT2D eigenvalue weighted by Gasteiger charge is -2.15. The van der Waals surface area contributed by atoms with Crippen molar-refractivity contribution < 1.29 is 18.7 Å². The molecule has 2 amide bonds. The Morgan fingerprint density at radius 1 is 0.906 bits per heavy atom. The fourth-order valence-corrected chi connectivity index (χ4v) is 4.88. The zero-order valence-corrected chi connectivity index (χ0v) is 19.9. The lowest BCUT2D eigenvalue weighted by Crippen LogP contribution is -2.32. The number of unbranched alkanes of at least 4 members (excludes halogenated alkanes) is 7. The van der Waals surface area contributed by atoms with Crippen LogP contribution >= 0.6 is 11.8 Å². The van der Waals surface area contributed by atoms with Gasteiger partial charge in [-0.2, -0.15) is 0 Å². The van der Waals surface area contributed by atoms with Crippen molar-refractivity contribution in [1.82, 2.24) is 4.90 Å². The fourth-order valence-electron chi connectivity index (χ4n) is 3.84. The molecule has 0 unspecified atom stereocenters. The Bertz CT molecular complexity index is 902. The number of hydrogen-bond donors (Lipinski definition) is 0. The molecule has 172 valence electrons. The van der Waals surface area contributed by atoms with E-state index in [0.29, 0.717) is 28.5 Å². The molecule has 2 aromatic rings. The van der Waals surface area contributed by atoms with Crippen LogP contribution in [0, 0.1) is 0 Å². The highest BCUT2D eigenvalue weighted by Gasteiger charge is 2.38. The van der Waals surface area contributed by atoms with Crippen molar-refractivity contribution in [3.05, 3.63) is 58.9 Å². The van der Waals surface area contributed by atoms with Gasteiger partial charge in [0.15, 0.2) is 0 Å². The van der Waals surface area contributed by atoms with E-state index in [9.17, 15) is 9.59 Å². The molecule has 0 N–H and O–H groups in total.